The van der Waals surface area contributed by atoms with E-state index >= 15 is 0 Å². The topological polar surface area (TPSA) is 62.0 Å². The fourth-order valence-corrected chi connectivity index (χ4v) is 3.24. The Bertz CT molecular complexity index is 985. The van der Waals surface area contributed by atoms with Gasteiger partial charge in [-0.15, -0.1) is 11.8 Å². The van der Waals surface area contributed by atoms with Crippen molar-refractivity contribution in [2.24, 2.45) is 0 Å². The van der Waals surface area contributed by atoms with Crippen molar-refractivity contribution >= 4 is 34.3 Å². The minimum absolute atomic E-state index is 0.0415. The largest absolute Gasteiger partial charge is 0.357 e. The number of hydrogen-bond donors (Lipinski definition) is 2. The Hall–Kier alpha value is -2.60. The molecule has 2 aromatic carbocycles. The average Bonchev–Trinajstić information content (AvgIpc) is 2.56. The van der Waals surface area contributed by atoms with Crippen LogP contribution in [0.5, 0.6) is 0 Å². The highest BCUT2D eigenvalue weighted by Gasteiger charge is 2.08. The summed E-state index contributed by atoms with van der Waals surface area (Å²) < 4.78 is 13.5. The van der Waals surface area contributed by atoms with E-state index < -0.39 is 5.82 Å². The molecule has 3 aromatic rings. The van der Waals surface area contributed by atoms with E-state index in [1.807, 2.05) is 25.1 Å². The van der Waals surface area contributed by atoms with Gasteiger partial charge in [0.2, 0.25) is 5.91 Å². The average molecular weight is 356 g/mol. The molecule has 0 atom stereocenters. The number of H-pyrrole nitrogens is 1. The number of thioether (sulfide) groups is 1. The van der Waals surface area contributed by atoms with Gasteiger partial charge in [0.05, 0.1) is 11.4 Å². The van der Waals surface area contributed by atoms with Crippen LogP contribution in [0.25, 0.3) is 10.9 Å². The molecule has 0 unspecified atom stereocenters. The van der Waals surface area contributed by atoms with Crippen LogP contribution < -0.4 is 10.7 Å². The highest BCUT2D eigenvalue weighted by atomic mass is 32.2. The van der Waals surface area contributed by atoms with Crippen molar-refractivity contribution in [1.82, 2.24) is 4.98 Å². The fraction of sp³-hybridized carbons (Fsp3) is 0.158. The first-order valence-electron chi connectivity index (χ1n) is 7.77. The van der Waals surface area contributed by atoms with Crippen LogP contribution >= 0.6 is 11.8 Å². The number of carbonyl (C=O) groups excluding carboxylic acids is 1. The number of pyridine rings is 1. The predicted octanol–water partition coefficient (Wildman–Crippen LogP) is 3.85. The van der Waals surface area contributed by atoms with E-state index in [2.05, 4.69) is 10.3 Å². The third-order valence-electron chi connectivity index (χ3n) is 3.68. The summed E-state index contributed by atoms with van der Waals surface area (Å²) >= 11 is 1.36. The molecule has 6 heteroatoms. The summed E-state index contributed by atoms with van der Waals surface area (Å²) in [6.07, 6.45) is 0. The number of aryl methyl sites for hydroxylation is 1. The molecule has 1 heterocycles. The molecule has 4 nitrogen and oxygen atoms in total. The summed E-state index contributed by atoms with van der Waals surface area (Å²) in [4.78, 5) is 27.3. The molecule has 3 rings (SSSR count). The monoisotopic (exact) mass is 356 g/mol. The summed E-state index contributed by atoms with van der Waals surface area (Å²) in [6.45, 7) is 1.96. The molecular weight excluding hydrogens is 339 g/mol. The number of amides is 1. The lowest BCUT2D eigenvalue weighted by atomic mass is 10.1. The molecule has 1 amide bonds. The summed E-state index contributed by atoms with van der Waals surface area (Å²) in [5.74, 6) is -0.0874. The van der Waals surface area contributed by atoms with Gasteiger partial charge in [-0.3, -0.25) is 9.59 Å². The van der Waals surface area contributed by atoms with Gasteiger partial charge < -0.3 is 10.3 Å². The van der Waals surface area contributed by atoms with Gasteiger partial charge in [-0.25, -0.2) is 4.39 Å². The summed E-state index contributed by atoms with van der Waals surface area (Å²) in [7, 11) is 0. The van der Waals surface area contributed by atoms with E-state index in [0.717, 1.165) is 16.8 Å². The van der Waals surface area contributed by atoms with Crippen LogP contribution in [0.1, 0.15) is 11.3 Å². The Morgan fingerprint density at radius 3 is 2.80 bits per heavy atom. The number of benzene rings is 2. The highest BCUT2D eigenvalue weighted by Crippen LogP contribution is 2.16. The molecule has 25 heavy (non-hydrogen) atoms. The summed E-state index contributed by atoms with van der Waals surface area (Å²) in [5, 5.41) is 3.19. The van der Waals surface area contributed by atoms with Gasteiger partial charge in [-0.1, -0.05) is 18.2 Å². The van der Waals surface area contributed by atoms with Crippen molar-refractivity contribution in [3.8, 4) is 0 Å². The van der Waals surface area contributed by atoms with Crippen LogP contribution in [0, 0.1) is 12.7 Å². The van der Waals surface area contributed by atoms with Crippen LogP contribution in [0.15, 0.2) is 53.3 Å². The Labute approximate surface area is 148 Å². The molecule has 0 fully saturated rings. The zero-order valence-electron chi connectivity index (χ0n) is 13.6. The second kappa shape index (κ2) is 7.53. The first kappa shape index (κ1) is 17.2. The number of halogens is 1. The van der Waals surface area contributed by atoms with E-state index in [4.69, 9.17) is 0 Å². The standard InChI is InChI=1S/C19H17FN2O2S/c1-12-6-7-14-17(8-12)21-13(9-18(14)23)10-25-11-19(24)22-16-5-3-2-4-15(16)20/h2-9H,10-11H2,1H3,(H,21,23)(H,22,24). The Kier molecular flexibility index (Phi) is 5.19. The normalized spacial score (nSPS) is 10.8. The van der Waals surface area contributed by atoms with E-state index in [-0.39, 0.29) is 22.8 Å². The second-order valence-corrected chi connectivity index (χ2v) is 6.71. The molecule has 0 aliphatic heterocycles. The van der Waals surface area contributed by atoms with Gasteiger partial charge in [0, 0.05) is 28.4 Å². The number of aromatic amines is 1. The maximum absolute atomic E-state index is 13.5. The molecule has 0 radical (unpaired) electrons. The van der Waals surface area contributed by atoms with Crippen molar-refractivity contribution in [3.05, 3.63) is 75.8 Å². The van der Waals surface area contributed by atoms with Crippen LogP contribution in [-0.2, 0) is 10.5 Å². The quantitative estimate of drug-likeness (QED) is 0.730. The number of aromatic nitrogens is 1. The molecule has 0 saturated heterocycles. The van der Waals surface area contributed by atoms with Crippen LogP contribution in [0.3, 0.4) is 0 Å². The highest BCUT2D eigenvalue weighted by molar-refractivity contribution is 7.99. The Morgan fingerprint density at radius 2 is 2.00 bits per heavy atom. The zero-order valence-corrected chi connectivity index (χ0v) is 14.5. The second-order valence-electron chi connectivity index (χ2n) is 5.73. The molecule has 128 valence electrons. The first-order chi connectivity index (χ1) is 12.0. The van der Waals surface area contributed by atoms with Gasteiger partial charge in [0.25, 0.3) is 0 Å². The molecule has 0 aliphatic rings. The lowest BCUT2D eigenvalue weighted by Gasteiger charge is -2.07. The third kappa shape index (κ3) is 4.28. The van der Waals surface area contributed by atoms with Crippen molar-refractivity contribution in [3.63, 3.8) is 0 Å². The number of nitrogens with one attached hydrogen (secondary N) is 2. The Morgan fingerprint density at radius 1 is 1.20 bits per heavy atom. The van der Waals surface area contributed by atoms with E-state index in [9.17, 15) is 14.0 Å². The van der Waals surface area contributed by atoms with Gasteiger partial charge >= 0.3 is 0 Å². The molecule has 2 N–H and O–H groups in total. The van der Waals surface area contributed by atoms with Crippen LogP contribution in [-0.4, -0.2) is 16.6 Å². The van der Waals surface area contributed by atoms with E-state index in [0.29, 0.717) is 11.1 Å². The number of rotatable bonds is 5. The van der Waals surface area contributed by atoms with Crippen LogP contribution in [0.2, 0.25) is 0 Å². The third-order valence-corrected chi connectivity index (χ3v) is 4.66. The van der Waals surface area contributed by atoms with Gasteiger partial charge in [-0.2, -0.15) is 0 Å². The van der Waals surface area contributed by atoms with Gasteiger partial charge in [0.1, 0.15) is 5.82 Å². The first-order valence-corrected chi connectivity index (χ1v) is 8.93. The Balaban J connectivity index is 1.62. The zero-order chi connectivity index (χ0) is 17.8. The molecule has 0 aliphatic carbocycles. The molecular formula is C19H17FN2O2S. The molecule has 0 saturated carbocycles. The lowest BCUT2D eigenvalue weighted by molar-refractivity contribution is -0.113. The lowest BCUT2D eigenvalue weighted by Crippen LogP contribution is -2.15. The summed E-state index contributed by atoms with van der Waals surface area (Å²) in [6, 6.07) is 13.2. The van der Waals surface area contributed by atoms with E-state index in [1.54, 1.807) is 18.2 Å². The predicted molar refractivity (Wildman–Crippen MR) is 100 cm³/mol. The maximum Gasteiger partial charge on any atom is 0.234 e. The number of carbonyl (C=O) groups is 1. The number of hydrogen-bond acceptors (Lipinski definition) is 3. The van der Waals surface area contributed by atoms with Gasteiger partial charge in [0.15, 0.2) is 5.43 Å². The SMILES string of the molecule is Cc1ccc2c(=O)cc(CSCC(=O)Nc3ccccc3F)[nH]c2c1. The number of fused-ring (bicyclic) bond motifs is 1. The van der Waals surface area contributed by atoms with Crippen LogP contribution in [0.4, 0.5) is 10.1 Å². The summed E-state index contributed by atoms with van der Waals surface area (Å²) in [5.41, 5.74) is 2.74. The van der Waals surface area contributed by atoms with Crippen molar-refractivity contribution < 1.29 is 9.18 Å². The number of anilines is 1. The molecule has 0 spiro atoms. The minimum atomic E-state index is -0.463. The van der Waals surface area contributed by atoms with Crippen molar-refractivity contribution in [1.29, 1.82) is 0 Å². The fourth-order valence-electron chi connectivity index (χ4n) is 2.50. The molecule has 1 aromatic heterocycles. The van der Waals surface area contributed by atoms with Gasteiger partial charge in [-0.05, 0) is 36.8 Å². The number of para-hydroxylation sites is 1. The van der Waals surface area contributed by atoms with Crippen molar-refractivity contribution in [2.75, 3.05) is 11.1 Å². The van der Waals surface area contributed by atoms with E-state index in [1.165, 1.54) is 23.9 Å². The smallest absolute Gasteiger partial charge is 0.234 e. The van der Waals surface area contributed by atoms with Crippen molar-refractivity contribution in [2.45, 2.75) is 12.7 Å². The minimum Gasteiger partial charge on any atom is -0.357 e. The maximum atomic E-state index is 13.5. The molecule has 0 bridgehead atoms.